The largest absolute Gasteiger partial charge is 0.300 e. The van der Waals surface area contributed by atoms with Crippen LogP contribution in [0.5, 0.6) is 0 Å². The van der Waals surface area contributed by atoms with Crippen molar-refractivity contribution in [2.45, 2.75) is 26.2 Å². The molecule has 7 aromatic rings. The molecule has 2 heteroatoms. The molecule has 1 N–H and O–H groups in total. The van der Waals surface area contributed by atoms with Crippen LogP contribution in [0.1, 0.15) is 42.9 Å². The molecule has 48 heavy (non-hydrogen) atoms. The van der Waals surface area contributed by atoms with E-state index in [4.69, 9.17) is 0 Å². The van der Waals surface area contributed by atoms with E-state index in [1.54, 1.807) is 0 Å². The minimum Gasteiger partial charge on any atom is -0.300 e. The van der Waals surface area contributed by atoms with Crippen molar-refractivity contribution >= 4 is 43.7 Å². The fourth-order valence-corrected chi connectivity index (χ4v) is 6.70. The third-order valence-corrected chi connectivity index (χ3v) is 9.11. The van der Waals surface area contributed by atoms with E-state index >= 15 is 0 Å². The van der Waals surface area contributed by atoms with Crippen LogP contribution in [0, 0.1) is 5.41 Å². The third kappa shape index (κ3) is 6.26. The van der Waals surface area contributed by atoms with Gasteiger partial charge in [-0.1, -0.05) is 153 Å². The number of rotatable bonds is 9. The molecule has 1 unspecified atom stereocenters. The van der Waals surface area contributed by atoms with Crippen LogP contribution in [0.15, 0.2) is 176 Å². The lowest BCUT2D eigenvalue weighted by atomic mass is 9.89. The molecule has 0 amide bonds. The molecule has 0 spiro atoms. The maximum atomic E-state index is 9.49. The number of nitrogens with zero attached hydrogens (tertiary/aromatic N) is 1. The summed E-state index contributed by atoms with van der Waals surface area (Å²) in [5.74, 6) is 0.192. The topological polar surface area (TPSA) is 36.7 Å². The van der Waals surface area contributed by atoms with Gasteiger partial charge in [-0.25, -0.2) is 0 Å². The fraction of sp³-hybridized carbons (Fsp3) is 0.0870. The van der Waals surface area contributed by atoms with Gasteiger partial charge in [0.05, 0.1) is 11.2 Å². The molecular weight excluding hydrogens is 581 g/mol. The predicted octanol–water partition coefficient (Wildman–Crippen LogP) is 12.4. The van der Waals surface area contributed by atoms with Gasteiger partial charge in [0.2, 0.25) is 0 Å². The second-order valence-corrected chi connectivity index (χ2v) is 12.2. The van der Waals surface area contributed by atoms with Gasteiger partial charge in [0.25, 0.3) is 0 Å². The molecule has 0 radical (unpaired) electrons. The Morgan fingerprint density at radius 1 is 0.708 bits per heavy atom. The molecule has 1 atom stereocenters. The molecule has 0 aliphatic heterocycles. The fourth-order valence-electron chi connectivity index (χ4n) is 6.70. The van der Waals surface area contributed by atoms with E-state index < -0.39 is 0 Å². The first-order valence-corrected chi connectivity index (χ1v) is 16.7. The predicted molar refractivity (Wildman–Crippen MR) is 206 cm³/mol. The molecule has 0 saturated carbocycles. The number of benzene rings is 6. The summed E-state index contributed by atoms with van der Waals surface area (Å²) in [5, 5.41) is 15.5. The van der Waals surface area contributed by atoms with Crippen LogP contribution >= 0.6 is 0 Å². The van der Waals surface area contributed by atoms with Gasteiger partial charge in [0, 0.05) is 11.6 Å². The average Bonchev–Trinajstić information content (AvgIpc) is 3.14. The molecule has 6 aromatic carbocycles. The van der Waals surface area contributed by atoms with E-state index in [9.17, 15) is 5.41 Å². The molecule has 0 aliphatic carbocycles. The van der Waals surface area contributed by atoms with Crippen LogP contribution in [0.2, 0.25) is 0 Å². The summed E-state index contributed by atoms with van der Waals surface area (Å²) >= 11 is 0. The van der Waals surface area contributed by atoms with E-state index in [1.165, 1.54) is 27.1 Å². The number of fused-ring (bicyclic) bond motifs is 3. The second-order valence-electron chi connectivity index (χ2n) is 12.2. The maximum absolute atomic E-state index is 9.49. The number of pyridine rings is 1. The molecule has 232 valence electrons. The molecular formula is C46H38N2. The van der Waals surface area contributed by atoms with Crippen LogP contribution in [-0.4, -0.2) is 10.7 Å². The smallest absolute Gasteiger partial charge is 0.0708 e. The van der Waals surface area contributed by atoms with Gasteiger partial charge in [0.15, 0.2) is 0 Å². The quantitative estimate of drug-likeness (QED) is 0.127. The van der Waals surface area contributed by atoms with Gasteiger partial charge in [-0.15, -0.1) is 0 Å². The van der Waals surface area contributed by atoms with Gasteiger partial charge < -0.3 is 5.41 Å². The highest BCUT2D eigenvalue weighted by Gasteiger charge is 2.14. The van der Waals surface area contributed by atoms with E-state index in [0.29, 0.717) is 5.71 Å². The molecule has 0 aliphatic rings. The van der Waals surface area contributed by atoms with Crippen molar-refractivity contribution in [1.29, 1.82) is 5.41 Å². The van der Waals surface area contributed by atoms with Crippen molar-refractivity contribution in [1.82, 2.24) is 4.98 Å². The van der Waals surface area contributed by atoms with E-state index in [-0.39, 0.29) is 5.92 Å². The minimum atomic E-state index is 0.192. The van der Waals surface area contributed by atoms with Crippen LogP contribution < -0.4 is 0 Å². The third-order valence-electron chi connectivity index (χ3n) is 9.11. The lowest BCUT2D eigenvalue weighted by Crippen LogP contribution is -2.00. The summed E-state index contributed by atoms with van der Waals surface area (Å²) in [4.78, 5) is 4.59. The van der Waals surface area contributed by atoms with Crippen LogP contribution in [0.3, 0.4) is 0 Å². The molecule has 1 aromatic heterocycles. The highest BCUT2D eigenvalue weighted by atomic mass is 14.6. The second kappa shape index (κ2) is 13.9. The molecule has 0 saturated heterocycles. The lowest BCUT2D eigenvalue weighted by molar-refractivity contribution is 0.979. The van der Waals surface area contributed by atoms with E-state index in [2.05, 4.69) is 177 Å². The molecule has 0 fully saturated rings. The van der Waals surface area contributed by atoms with Crippen molar-refractivity contribution in [3.05, 3.63) is 192 Å². The SMILES string of the molecule is CC/C=C(\C=C/C(C)c1cccc2ccccc12)C(=N)/C=C(/c1cccc(-c2cccc3ncccc23)c1)c1cccc2ccccc12. The summed E-state index contributed by atoms with van der Waals surface area (Å²) in [6, 6.07) is 49.1. The van der Waals surface area contributed by atoms with Gasteiger partial charge in [-0.05, 0) is 97.1 Å². The van der Waals surface area contributed by atoms with Gasteiger partial charge in [0.1, 0.15) is 0 Å². The number of hydrogen-bond donors (Lipinski definition) is 1. The standard InChI is InChI=1S/C46H38N2/c1-3-13-35(28-27-32(2)38-22-9-16-33-14-4-6-20-39(33)38)45(47)31-44(42-24-10-17-34-15-5-7-21-40(34)42)37-19-8-18-36(30-37)41-23-11-26-46-43(41)25-12-29-48-46/h4-32,47H,3H2,1-2H3/b28-27-,35-13+,44-31-,47-45?. The lowest BCUT2D eigenvalue weighted by Gasteiger charge is -2.15. The maximum Gasteiger partial charge on any atom is 0.0708 e. The first-order valence-electron chi connectivity index (χ1n) is 16.7. The summed E-state index contributed by atoms with van der Waals surface area (Å²) in [5.41, 5.74) is 9.14. The summed E-state index contributed by atoms with van der Waals surface area (Å²) < 4.78 is 0. The highest BCUT2D eigenvalue weighted by Crippen LogP contribution is 2.35. The van der Waals surface area contributed by atoms with Gasteiger partial charge >= 0.3 is 0 Å². The Balaban J connectivity index is 1.32. The number of hydrogen-bond acceptors (Lipinski definition) is 2. The van der Waals surface area contributed by atoms with Crippen molar-refractivity contribution in [3.8, 4) is 11.1 Å². The number of aromatic nitrogens is 1. The minimum absolute atomic E-state index is 0.192. The van der Waals surface area contributed by atoms with Crippen molar-refractivity contribution < 1.29 is 0 Å². The Morgan fingerprint density at radius 2 is 1.40 bits per heavy atom. The summed E-state index contributed by atoms with van der Waals surface area (Å²) in [7, 11) is 0. The number of nitrogens with one attached hydrogen (secondary N) is 1. The zero-order valence-corrected chi connectivity index (χ0v) is 27.4. The van der Waals surface area contributed by atoms with Crippen molar-refractivity contribution in [2.24, 2.45) is 0 Å². The molecule has 7 rings (SSSR count). The Morgan fingerprint density at radius 3 is 2.23 bits per heavy atom. The Hall–Kier alpha value is -5.86. The zero-order valence-electron chi connectivity index (χ0n) is 27.4. The first-order chi connectivity index (χ1) is 23.6. The number of allylic oxidation sites excluding steroid dienone is 5. The molecule has 1 heterocycles. The van der Waals surface area contributed by atoms with Crippen molar-refractivity contribution in [3.63, 3.8) is 0 Å². The molecule has 0 bridgehead atoms. The highest BCUT2D eigenvalue weighted by molar-refractivity contribution is 6.15. The monoisotopic (exact) mass is 618 g/mol. The normalized spacial score (nSPS) is 13.0. The molecule has 2 nitrogen and oxygen atoms in total. The van der Waals surface area contributed by atoms with Gasteiger partial charge in [-0.2, -0.15) is 0 Å². The van der Waals surface area contributed by atoms with Crippen LogP contribution in [0.4, 0.5) is 0 Å². The van der Waals surface area contributed by atoms with Crippen LogP contribution in [0.25, 0.3) is 49.1 Å². The Labute approximate surface area is 282 Å². The average molecular weight is 619 g/mol. The summed E-state index contributed by atoms with van der Waals surface area (Å²) in [6.45, 7) is 4.37. The van der Waals surface area contributed by atoms with E-state index in [1.807, 2.05) is 12.3 Å². The van der Waals surface area contributed by atoms with Crippen LogP contribution in [-0.2, 0) is 0 Å². The van der Waals surface area contributed by atoms with Crippen molar-refractivity contribution in [2.75, 3.05) is 0 Å². The zero-order chi connectivity index (χ0) is 32.9. The van der Waals surface area contributed by atoms with E-state index in [0.717, 1.165) is 50.7 Å². The Kier molecular flexibility index (Phi) is 8.89. The Bertz CT molecular complexity index is 2360. The summed E-state index contributed by atoms with van der Waals surface area (Å²) in [6.07, 6.45) is 11.3. The van der Waals surface area contributed by atoms with Gasteiger partial charge in [-0.3, -0.25) is 4.98 Å². The first kappa shape index (κ1) is 30.8.